The number of carboxylic acid groups (broad SMARTS) is 1. The minimum absolute atomic E-state index is 0.141. The molecule has 2 N–H and O–H groups in total. The van der Waals surface area contributed by atoms with Crippen molar-refractivity contribution in [1.29, 1.82) is 0 Å². The number of rotatable bonds is 6. The fourth-order valence-electron chi connectivity index (χ4n) is 2.63. The van der Waals surface area contributed by atoms with Gasteiger partial charge in [0, 0.05) is 0 Å². The lowest BCUT2D eigenvalue weighted by Crippen LogP contribution is -2.48. The van der Waals surface area contributed by atoms with Gasteiger partial charge in [0.15, 0.2) is 9.84 Å². The molecule has 1 saturated heterocycles. The molecule has 0 aromatic heterocycles. The van der Waals surface area contributed by atoms with E-state index in [-0.39, 0.29) is 4.90 Å². The van der Waals surface area contributed by atoms with Crippen LogP contribution in [0.25, 0.3) is 0 Å². The van der Waals surface area contributed by atoms with Crippen molar-refractivity contribution in [2.24, 2.45) is 0 Å². The van der Waals surface area contributed by atoms with Crippen molar-refractivity contribution in [1.82, 2.24) is 4.31 Å². The Kier molecular flexibility index (Phi) is 5.33. The summed E-state index contributed by atoms with van der Waals surface area (Å²) in [6.45, 7) is 0.981. The zero-order valence-corrected chi connectivity index (χ0v) is 14.6. The molecule has 134 valence electrons. The maximum Gasteiger partial charge on any atom is 0.318 e. The summed E-state index contributed by atoms with van der Waals surface area (Å²) in [5.74, 6) is -2.62. The van der Waals surface area contributed by atoms with Crippen LogP contribution in [0.1, 0.15) is 12.5 Å². The Morgan fingerprint density at radius 1 is 1.25 bits per heavy atom. The number of aliphatic carboxylic acids is 1. The SMILES string of the molecule is CCc1ccc(S(=O)(=O)N(CC(=O)O)[C@@H]2CS(=O)(=O)C[C@H]2O)cc1. The highest BCUT2D eigenvalue weighted by Crippen LogP contribution is 2.25. The van der Waals surface area contributed by atoms with Crippen molar-refractivity contribution in [2.45, 2.75) is 30.4 Å². The maximum absolute atomic E-state index is 12.8. The van der Waals surface area contributed by atoms with E-state index in [0.29, 0.717) is 10.7 Å². The molecule has 0 radical (unpaired) electrons. The predicted octanol–water partition coefficient (Wildman–Crippen LogP) is -0.518. The lowest BCUT2D eigenvalue weighted by atomic mass is 10.2. The maximum atomic E-state index is 12.8. The van der Waals surface area contributed by atoms with Crippen LogP contribution in [-0.2, 0) is 31.1 Å². The summed E-state index contributed by atoms with van der Waals surface area (Å²) in [6.07, 6.45) is -0.752. The molecule has 0 bridgehead atoms. The summed E-state index contributed by atoms with van der Waals surface area (Å²) in [7, 11) is -7.89. The van der Waals surface area contributed by atoms with Crippen molar-refractivity contribution >= 4 is 25.8 Å². The third kappa shape index (κ3) is 3.94. The number of hydrogen-bond acceptors (Lipinski definition) is 6. The van der Waals surface area contributed by atoms with E-state index in [1.165, 1.54) is 12.1 Å². The molecule has 24 heavy (non-hydrogen) atoms. The third-order valence-electron chi connectivity index (χ3n) is 3.89. The fraction of sp³-hybridized carbons (Fsp3) is 0.500. The van der Waals surface area contributed by atoms with E-state index >= 15 is 0 Å². The second-order valence-electron chi connectivity index (χ2n) is 5.65. The Labute approximate surface area is 140 Å². The molecule has 1 aromatic rings. The van der Waals surface area contributed by atoms with Crippen LogP contribution in [0.2, 0.25) is 0 Å². The van der Waals surface area contributed by atoms with E-state index in [1.54, 1.807) is 12.1 Å². The number of sulfone groups is 1. The van der Waals surface area contributed by atoms with Gasteiger partial charge in [-0.2, -0.15) is 4.31 Å². The Morgan fingerprint density at radius 2 is 1.83 bits per heavy atom. The average Bonchev–Trinajstić information content (AvgIpc) is 2.77. The van der Waals surface area contributed by atoms with Gasteiger partial charge in [0.1, 0.15) is 6.54 Å². The van der Waals surface area contributed by atoms with Gasteiger partial charge in [0.2, 0.25) is 10.0 Å². The third-order valence-corrected chi connectivity index (χ3v) is 7.48. The van der Waals surface area contributed by atoms with Gasteiger partial charge in [-0.15, -0.1) is 0 Å². The summed E-state index contributed by atoms with van der Waals surface area (Å²) < 4.78 is 49.4. The first-order valence-corrected chi connectivity index (χ1v) is 10.5. The van der Waals surface area contributed by atoms with Crippen LogP contribution in [0, 0.1) is 0 Å². The number of carboxylic acids is 1. The molecule has 0 spiro atoms. The van der Waals surface area contributed by atoms with Crippen LogP contribution in [0.3, 0.4) is 0 Å². The molecule has 1 heterocycles. The highest BCUT2D eigenvalue weighted by Gasteiger charge is 2.45. The first kappa shape index (κ1) is 18.8. The van der Waals surface area contributed by atoms with E-state index in [9.17, 15) is 26.7 Å². The minimum atomic E-state index is -4.26. The molecule has 2 atom stereocenters. The highest BCUT2D eigenvalue weighted by molar-refractivity contribution is 7.92. The van der Waals surface area contributed by atoms with E-state index in [2.05, 4.69) is 0 Å². The molecule has 0 amide bonds. The van der Waals surface area contributed by atoms with Crippen molar-refractivity contribution in [3.8, 4) is 0 Å². The molecule has 1 aliphatic rings. The van der Waals surface area contributed by atoms with Crippen molar-refractivity contribution in [3.63, 3.8) is 0 Å². The number of sulfonamides is 1. The molecule has 0 aliphatic carbocycles. The van der Waals surface area contributed by atoms with Gasteiger partial charge in [0.05, 0.1) is 28.5 Å². The number of aliphatic hydroxyl groups is 1. The van der Waals surface area contributed by atoms with Crippen LogP contribution < -0.4 is 0 Å². The van der Waals surface area contributed by atoms with Gasteiger partial charge in [-0.3, -0.25) is 4.79 Å². The summed E-state index contributed by atoms with van der Waals surface area (Å²) in [5.41, 5.74) is 0.905. The van der Waals surface area contributed by atoms with Crippen molar-refractivity contribution in [2.75, 3.05) is 18.1 Å². The number of carbonyl (C=O) groups is 1. The largest absolute Gasteiger partial charge is 0.480 e. The molecule has 1 fully saturated rings. The molecule has 1 aliphatic heterocycles. The first-order chi connectivity index (χ1) is 11.1. The lowest BCUT2D eigenvalue weighted by Gasteiger charge is -2.27. The molecule has 8 nitrogen and oxygen atoms in total. The van der Waals surface area contributed by atoms with E-state index in [4.69, 9.17) is 5.11 Å². The molecular formula is C14H19NO7S2. The van der Waals surface area contributed by atoms with Crippen LogP contribution in [0.15, 0.2) is 29.2 Å². The van der Waals surface area contributed by atoms with Crippen LogP contribution >= 0.6 is 0 Å². The van der Waals surface area contributed by atoms with Gasteiger partial charge in [-0.1, -0.05) is 19.1 Å². The van der Waals surface area contributed by atoms with Gasteiger partial charge in [-0.05, 0) is 24.1 Å². The summed E-state index contributed by atoms with van der Waals surface area (Å²) in [4.78, 5) is 10.9. The number of aryl methyl sites for hydroxylation is 1. The average molecular weight is 377 g/mol. The zero-order valence-electron chi connectivity index (χ0n) is 13.0. The summed E-state index contributed by atoms with van der Waals surface area (Å²) in [6, 6.07) is 4.58. The number of aliphatic hydroxyl groups excluding tert-OH is 1. The Bertz CT molecular complexity index is 815. The normalized spacial score (nSPS) is 23.5. The zero-order chi connectivity index (χ0) is 18.1. The number of benzene rings is 1. The molecule has 0 unspecified atom stereocenters. The van der Waals surface area contributed by atoms with Crippen molar-refractivity contribution < 1.29 is 31.8 Å². The van der Waals surface area contributed by atoms with Crippen molar-refractivity contribution in [3.05, 3.63) is 29.8 Å². The molecule has 0 saturated carbocycles. The second kappa shape index (κ2) is 6.79. The summed E-state index contributed by atoms with van der Waals surface area (Å²) >= 11 is 0. The molecular weight excluding hydrogens is 358 g/mol. The number of nitrogens with zero attached hydrogens (tertiary/aromatic N) is 1. The minimum Gasteiger partial charge on any atom is -0.480 e. The predicted molar refractivity (Wildman–Crippen MR) is 85.8 cm³/mol. The Hall–Kier alpha value is -1.49. The van der Waals surface area contributed by atoms with Crippen LogP contribution in [0.5, 0.6) is 0 Å². The van der Waals surface area contributed by atoms with Gasteiger partial charge >= 0.3 is 5.97 Å². The van der Waals surface area contributed by atoms with E-state index < -0.39 is 56.0 Å². The van der Waals surface area contributed by atoms with Gasteiger partial charge < -0.3 is 10.2 Å². The standard InChI is InChI=1S/C14H19NO7S2/c1-2-10-3-5-11(6-4-10)24(21,22)15(7-14(17)18)12-8-23(19,20)9-13(12)16/h3-6,12-13,16H,2,7-9H2,1H3,(H,17,18)/t12-,13-/m1/s1. The smallest absolute Gasteiger partial charge is 0.318 e. The van der Waals surface area contributed by atoms with Crippen LogP contribution in [0.4, 0.5) is 0 Å². The Balaban J connectivity index is 2.44. The van der Waals surface area contributed by atoms with E-state index in [0.717, 1.165) is 5.56 Å². The molecule has 10 heteroatoms. The van der Waals surface area contributed by atoms with Gasteiger partial charge in [0.25, 0.3) is 0 Å². The monoisotopic (exact) mass is 377 g/mol. The first-order valence-electron chi connectivity index (χ1n) is 7.28. The van der Waals surface area contributed by atoms with E-state index in [1.807, 2.05) is 6.92 Å². The second-order valence-corrected chi connectivity index (χ2v) is 9.70. The number of hydrogen-bond donors (Lipinski definition) is 2. The Morgan fingerprint density at radius 3 is 2.25 bits per heavy atom. The van der Waals surface area contributed by atoms with Crippen LogP contribution in [-0.4, -0.2) is 67.5 Å². The van der Waals surface area contributed by atoms with Gasteiger partial charge in [-0.25, -0.2) is 16.8 Å². The lowest BCUT2D eigenvalue weighted by molar-refractivity contribution is -0.137. The highest BCUT2D eigenvalue weighted by atomic mass is 32.2. The topological polar surface area (TPSA) is 129 Å². The quantitative estimate of drug-likeness (QED) is 0.682. The summed E-state index contributed by atoms with van der Waals surface area (Å²) in [5, 5.41) is 18.9. The molecule has 1 aromatic carbocycles. The fourth-order valence-corrected chi connectivity index (χ4v) is 6.13. The molecule has 2 rings (SSSR count).